The Balaban J connectivity index is 2.22. The Labute approximate surface area is 283 Å². The number of phenolic OH excluding ortho intramolecular Hbond substituents is 4. The fourth-order valence-corrected chi connectivity index (χ4v) is 7.46. The highest BCUT2D eigenvalue weighted by Crippen LogP contribution is 2.52. The van der Waals surface area contributed by atoms with Crippen LogP contribution in [-0.4, -0.2) is 20.4 Å². The van der Waals surface area contributed by atoms with Gasteiger partial charge in [-0.2, -0.15) is 0 Å². The molecule has 0 aliphatic heterocycles. The first-order chi connectivity index (χ1) is 21.5. The predicted octanol–water partition coefficient (Wildman–Crippen LogP) is 10.9. The van der Waals surface area contributed by atoms with Crippen LogP contribution in [0.4, 0.5) is 0 Å². The van der Waals surface area contributed by atoms with Crippen molar-refractivity contribution in [2.24, 2.45) is 0 Å². The van der Waals surface area contributed by atoms with Crippen molar-refractivity contribution in [2.75, 3.05) is 0 Å². The normalized spacial score (nSPS) is 13.6. The van der Waals surface area contributed by atoms with Crippen LogP contribution in [-0.2, 0) is 21.7 Å². The molecule has 4 heteroatoms. The highest BCUT2D eigenvalue weighted by atomic mass is 16.3. The Morgan fingerprint density at radius 1 is 0.489 bits per heavy atom. The maximum Gasteiger partial charge on any atom is 0.119 e. The lowest BCUT2D eigenvalue weighted by Crippen LogP contribution is -2.34. The van der Waals surface area contributed by atoms with E-state index in [2.05, 4.69) is 108 Å². The van der Waals surface area contributed by atoms with Crippen LogP contribution in [0.1, 0.15) is 137 Å². The fraction of sp³-hybridized carbons (Fsp3) is 0.442. The van der Waals surface area contributed by atoms with Gasteiger partial charge in [-0.15, -0.1) is 0 Å². The molecular weight excluding hydrogens is 580 g/mol. The second-order valence-corrected chi connectivity index (χ2v) is 16.9. The third-order valence-corrected chi connectivity index (χ3v) is 9.92. The van der Waals surface area contributed by atoms with Gasteiger partial charge in [0.2, 0.25) is 0 Å². The lowest BCUT2D eigenvalue weighted by Gasteiger charge is -2.42. The Morgan fingerprint density at radius 3 is 1.23 bits per heavy atom. The summed E-state index contributed by atoms with van der Waals surface area (Å²) in [5.74, 6) is 1.06. The van der Waals surface area contributed by atoms with Crippen LogP contribution in [0.25, 0.3) is 0 Å². The van der Waals surface area contributed by atoms with Crippen LogP contribution in [0.5, 0.6) is 23.0 Å². The number of phenols is 4. The molecule has 4 nitrogen and oxygen atoms in total. The van der Waals surface area contributed by atoms with Crippen LogP contribution in [0, 0.1) is 20.8 Å². The third-order valence-electron chi connectivity index (χ3n) is 9.92. The molecular formula is C43H56O4. The van der Waals surface area contributed by atoms with E-state index >= 15 is 0 Å². The molecule has 47 heavy (non-hydrogen) atoms. The average Bonchev–Trinajstić information content (AvgIpc) is 2.90. The number of aryl methyl sites for hydroxylation is 3. The smallest absolute Gasteiger partial charge is 0.119 e. The largest absolute Gasteiger partial charge is 0.508 e. The zero-order chi connectivity index (χ0) is 35.4. The van der Waals surface area contributed by atoms with E-state index in [1.54, 1.807) is 12.1 Å². The van der Waals surface area contributed by atoms with Crippen LogP contribution in [0.2, 0.25) is 0 Å². The van der Waals surface area contributed by atoms with E-state index in [9.17, 15) is 20.4 Å². The molecule has 0 fully saturated rings. The van der Waals surface area contributed by atoms with Crippen LogP contribution < -0.4 is 0 Å². The van der Waals surface area contributed by atoms with Crippen LogP contribution in [0.3, 0.4) is 0 Å². The SMILES string of the molecule is Cc1cc(O)c(C(C)(C)C)cc1C(C)CC(c1ccc(O)cc1)(c1cc(C(C)(C)C)c(O)cc1C)c1cc(C(C)(C)C)c(O)cc1C. The van der Waals surface area contributed by atoms with Crippen molar-refractivity contribution in [1.29, 1.82) is 0 Å². The maximum atomic E-state index is 11.3. The summed E-state index contributed by atoms with van der Waals surface area (Å²) in [6.07, 6.45) is 0.650. The number of hydrogen-bond donors (Lipinski definition) is 4. The van der Waals surface area contributed by atoms with Gasteiger partial charge >= 0.3 is 0 Å². The highest BCUT2D eigenvalue weighted by Gasteiger charge is 2.42. The number of benzene rings is 4. The molecule has 0 saturated carbocycles. The third kappa shape index (κ3) is 6.89. The zero-order valence-corrected chi connectivity index (χ0v) is 30.8. The summed E-state index contributed by atoms with van der Waals surface area (Å²) < 4.78 is 0. The van der Waals surface area contributed by atoms with Gasteiger partial charge < -0.3 is 20.4 Å². The molecule has 252 valence electrons. The van der Waals surface area contributed by atoms with E-state index in [1.807, 2.05) is 30.3 Å². The molecule has 1 atom stereocenters. The van der Waals surface area contributed by atoms with E-state index in [0.717, 1.165) is 55.6 Å². The van der Waals surface area contributed by atoms with Gasteiger partial charge in [-0.1, -0.05) is 99.6 Å². The summed E-state index contributed by atoms with van der Waals surface area (Å²) in [4.78, 5) is 0. The van der Waals surface area contributed by atoms with E-state index < -0.39 is 5.41 Å². The van der Waals surface area contributed by atoms with Crippen LogP contribution in [0.15, 0.2) is 60.7 Å². The molecule has 0 spiro atoms. The Bertz CT molecular complexity index is 1700. The van der Waals surface area contributed by atoms with Crippen molar-refractivity contribution in [1.82, 2.24) is 0 Å². The van der Waals surface area contributed by atoms with E-state index in [4.69, 9.17) is 0 Å². The lowest BCUT2D eigenvalue weighted by molar-refractivity contribution is 0.438. The molecule has 1 unspecified atom stereocenters. The summed E-state index contributed by atoms with van der Waals surface area (Å²) in [5.41, 5.74) is 8.23. The van der Waals surface area contributed by atoms with Crippen molar-refractivity contribution in [2.45, 2.75) is 124 Å². The standard InChI is InChI=1S/C43H56O4/c1-25-18-37(45)34(40(5,6)7)21-31(25)28(4)24-43(29-14-16-30(44)17-15-29,32-22-35(41(8,9)10)38(46)19-26(32)2)33-23-36(42(11,12)13)39(47)20-27(33)3/h14-23,28,44-47H,24H2,1-13H3. The van der Waals surface area contributed by atoms with E-state index in [1.165, 1.54) is 0 Å². The van der Waals surface area contributed by atoms with Gasteiger partial charge in [0.1, 0.15) is 23.0 Å². The molecule has 0 amide bonds. The fourth-order valence-electron chi connectivity index (χ4n) is 7.46. The molecule has 4 aromatic carbocycles. The van der Waals surface area contributed by atoms with Gasteiger partial charge in [0.15, 0.2) is 0 Å². The second kappa shape index (κ2) is 12.3. The van der Waals surface area contributed by atoms with Crippen molar-refractivity contribution < 1.29 is 20.4 Å². The molecule has 4 rings (SSSR count). The van der Waals surface area contributed by atoms with Gasteiger partial charge in [-0.3, -0.25) is 0 Å². The van der Waals surface area contributed by atoms with Gasteiger partial charge in [-0.05, 0) is 135 Å². The first-order valence-electron chi connectivity index (χ1n) is 16.8. The first-order valence-corrected chi connectivity index (χ1v) is 16.8. The molecule has 0 aromatic heterocycles. The Kier molecular flexibility index (Phi) is 9.38. The topological polar surface area (TPSA) is 80.9 Å². The molecule has 0 heterocycles. The number of aromatic hydroxyl groups is 4. The van der Waals surface area contributed by atoms with E-state index in [-0.39, 0.29) is 39.4 Å². The molecule has 0 aliphatic carbocycles. The maximum absolute atomic E-state index is 11.3. The minimum Gasteiger partial charge on any atom is -0.508 e. The van der Waals surface area contributed by atoms with Crippen molar-refractivity contribution in [3.8, 4) is 23.0 Å². The molecule has 4 N–H and O–H groups in total. The molecule has 0 radical (unpaired) electrons. The van der Waals surface area contributed by atoms with Crippen LogP contribution >= 0.6 is 0 Å². The van der Waals surface area contributed by atoms with Gasteiger partial charge in [-0.25, -0.2) is 0 Å². The zero-order valence-electron chi connectivity index (χ0n) is 30.8. The minimum atomic E-state index is -0.755. The number of hydrogen-bond acceptors (Lipinski definition) is 4. The first kappa shape index (κ1) is 35.9. The van der Waals surface area contributed by atoms with Gasteiger partial charge in [0, 0.05) is 5.41 Å². The van der Waals surface area contributed by atoms with Crippen molar-refractivity contribution in [3.63, 3.8) is 0 Å². The monoisotopic (exact) mass is 636 g/mol. The molecule has 4 aromatic rings. The van der Waals surface area contributed by atoms with Gasteiger partial charge in [0.25, 0.3) is 0 Å². The average molecular weight is 637 g/mol. The quantitative estimate of drug-likeness (QED) is 0.159. The Hall–Kier alpha value is -3.92. The van der Waals surface area contributed by atoms with Crippen molar-refractivity contribution >= 4 is 0 Å². The predicted molar refractivity (Wildman–Crippen MR) is 196 cm³/mol. The summed E-state index contributed by atoms with van der Waals surface area (Å²) in [7, 11) is 0. The Morgan fingerprint density at radius 2 is 0.851 bits per heavy atom. The number of rotatable bonds is 6. The molecule has 0 saturated heterocycles. The van der Waals surface area contributed by atoms with Crippen molar-refractivity contribution in [3.05, 3.63) is 116 Å². The summed E-state index contributed by atoms with van der Waals surface area (Å²) >= 11 is 0. The summed E-state index contributed by atoms with van der Waals surface area (Å²) in [5, 5.41) is 44.0. The molecule has 0 aliphatic rings. The lowest BCUT2D eigenvalue weighted by atomic mass is 9.61. The van der Waals surface area contributed by atoms with Gasteiger partial charge in [0.05, 0.1) is 0 Å². The highest BCUT2D eigenvalue weighted by molar-refractivity contribution is 5.62. The van der Waals surface area contributed by atoms with E-state index in [0.29, 0.717) is 12.2 Å². The minimum absolute atomic E-state index is 0.0167. The second-order valence-electron chi connectivity index (χ2n) is 16.9. The summed E-state index contributed by atoms with van der Waals surface area (Å²) in [6, 6.07) is 19.7. The summed E-state index contributed by atoms with van der Waals surface area (Å²) in [6.45, 7) is 27.5. The molecule has 0 bridgehead atoms.